The van der Waals surface area contributed by atoms with Gasteiger partial charge in [0.1, 0.15) is 0 Å². The number of ether oxygens (including phenoxy) is 2. The lowest BCUT2D eigenvalue weighted by molar-refractivity contribution is -0.227. The third kappa shape index (κ3) is 4.61. The van der Waals surface area contributed by atoms with Gasteiger partial charge in [-0.2, -0.15) is 31.6 Å². The fraction of sp³-hybridized carbons (Fsp3) is 0.533. The smallest absolute Gasteiger partial charge is 0.381 e. The van der Waals surface area contributed by atoms with Crippen LogP contribution in [0.15, 0.2) is 18.2 Å². The molecule has 134 valence electrons. The number of rotatable bonds is 5. The van der Waals surface area contributed by atoms with Gasteiger partial charge >= 0.3 is 12.4 Å². The van der Waals surface area contributed by atoms with E-state index in [0.29, 0.717) is 12.1 Å². The maximum Gasteiger partial charge on any atom is 0.416 e. The van der Waals surface area contributed by atoms with E-state index >= 15 is 0 Å². The standard InChI is InChI=1S/C15H15F6NO2/c1-8(23-2)12(13(24-3)15(19,20)21)10-4-9(7-22)5-11(6-10)14(16,17)18/h4-6,8,12-13H,1-3H3. The highest BCUT2D eigenvalue weighted by Crippen LogP contribution is 2.39. The van der Waals surface area contributed by atoms with E-state index in [9.17, 15) is 26.3 Å². The van der Waals surface area contributed by atoms with Gasteiger partial charge in [0.05, 0.1) is 23.3 Å². The summed E-state index contributed by atoms with van der Waals surface area (Å²) in [6.07, 6.45) is -13.1. The summed E-state index contributed by atoms with van der Waals surface area (Å²) in [4.78, 5) is 0. The first-order valence-electron chi connectivity index (χ1n) is 6.70. The lowest BCUT2D eigenvalue weighted by Crippen LogP contribution is -2.41. The van der Waals surface area contributed by atoms with Crippen molar-refractivity contribution in [2.45, 2.75) is 37.4 Å². The number of methoxy groups -OCH3 is 2. The van der Waals surface area contributed by atoms with Crippen LogP contribution in [0.4, 0.5) is 26.3 Å². The van der Waals surface area contributed by atoms with E-state index in [-0.39, 0.29) is 5.56 Å². The van der Waals surface area contributed by atoms with E-state index in [1.807, 2.05) is 0 Å². The molecule has 1 aromatic rings. The van der Waals surface area contributed by atoms with Crippen molar-refractivity contribution >= 4 is 0 Å². The Labute approximate surface area is 134 Å². The summed E-state index contributed by atoms with van der Waals surface area (Å²) in [5.41, 5.74) is -1.94. The van der Waals surface area contributed by atoms with E-state index in [4.69, 9.17) is 10.00 Å². The zero-order chi connectivity index (χ0) is 18.7. The van der Waals surface area contributed by atoms with Crippen molar-refractivity contribution in [1.82, 2.24) is 0 Å². The molecule has 0 radical (unpaired) electrons. The Hall–Kier alpha value is -1.79. The SMILES string of the molecule is COC(C)C(c1cc(C#N)cc(C(F)(F)F)c1)C(OC)C(F)(F)F. The molecule has 0 amide bonds. The van der Waals surface area contributed by atoms with Crippen molar-refractivity contribution in [1.29, 1.82) is 5.26 Å². The Morgan fingerprint density at radius 2 is 1.58 bits per heavy atom. The second kappa shape index (κ2) is 7.40. The number of hydrogen-bond acceptors (Lipinski definition) is 3. The lowest BCUT2D eigenvalue weighted by atomic mass is 9.86. The molecule has 0 spiro atoms. The van der Waals surface area contributed by atoms with Crippen LogP contribution < -0.4 is 0 Å². The molecule has 0 N–H and O–H groups in total. The van der Waals surface area contributed by atoms with Gasteiger partial charge in [-0.05, 0) is 30.7 Å². The first kappa shape index (κ1) is 20.3. The fourth-order valence-electron chi connectivity index (χ4n) is 2.39. The van der Waals surface area contributed by atoms with E-state index in [2.05, 4.69) is 4.74 Å². The fourth-order valence-corrected chi connectivity index (χ4v) is 2.39. The summed E-state index contributed by atoms with van der Waals surface area (Å²) in [6.45, 7) is 1.29. The van der Waals surface area contributed by atoms with Crippen LogP contribution in [0.2, 0.25) is 0 Å². The van der Waals surface area contributed by atoms with E-state index in [1.165, 1.54) is 13.0 Å². The Kier molecular flexibility index (Phi) is 6.25. The monoisotopic (exact) mass is 355 g/mol. The van der Waals surface area contributed by atoms with Crippen molar-refractivity contribution in [3.63, 3.8) is 0 Å². The molecule has 0 saturated heterocycles. The van der Waals surface area contributed by atoms with Gasteiger partial charge in [0.25, 0.3) is 0 Å². The number of nitrogens with zero attached hydrogens (tertiary/aromatic N) is 1. The molecular formula is C15H15F6NO2. The molecule has 1 aromatic carbocycles. The average molecular weight is 355 g/mol. The number of alkyl halides is 6. The molecule has 0 aliphatic heterocycles. The Bertz CT molecular complexity index is 605. The molecule has 0 heterocycles. The molecule has 24 heavy (non-hydrogen) atoms. The van der Waals surface area contributed by atoms with E-state index in [0.717, 1.165) is 20.3 Å². The van der Waals surface area contributed by atoms with Crippen LogP contribution in [0.25, 0.3) is 0 Å². The normalized spacial score (nSPS) is 16.3. The summed E-state index contributed by atoms with van der Waals surface area (Å²) in [6, 6.07) is 3.66. The second-order valence-corrected chi connectivity index (χ2v) is 5.12. The zero-order valence-electron chi connectivity index (χ0n) is 13.0. The van der Waals surface area contributed by atoms with Crippen LogP contribution in [-0.2, 0) is 15.7 Å². The van der Waals surface area contributed by atoms with Gasteiger partial charge in [-0.3, -0.25) is 0 Å². The molecule has 9 heteroatoms. The summed E-state index contributed by atoms with van der Waals surface area (Å²) in [5.74, 6) is -1.57. The minimum Gasteiger partial charge on any atom is -0.381 e. The van der Waals surface area contributed by atoms with Crippen LogP contribution in [0, 0.1) is 11.3 Å². The molecule has 0 aliphatic rings. The summed E-state index contributed by atoms with van der Waals surface area (Å²) in [5, 5.41) is 8.88. The van der Waals surface area contributed by atoms with Crippen molar-refractivity contribution in [2.75, 3.05) is 14.2 Å². The molecule has 0 saturated carbocycles. The highest BCUT2D eigenvalue weighted by molar-refractivity contribution is 5.41. The molecule has 3 atom stereocenters. The van der Waals surface area contributed by atoms with Gasteiger partial charge in [0.15, 0.2) is 6.10 Å². The van der Waals surface area contributed by atoms with E-state index in [1.54, 1.807) is 0 Å². The topological polar surface area (TPSA) is 42.2 Å². The van der Waals surface area contributed by atoms with Gasteiger partial charge in [0, 0.05) is 20.1 Å². The molecular weight excluding hydrogens is 340 g/mol. The van der Waals surface area contributed by atoms with Crippen molar-refractivity contribution in [2.24, 2.45) is 0 Å². The van der Waals surface area contributed by atoms with Crippen LogP contribution in [0.1, 0.15) is 29.5 Å². The number of hydrogen-bond donors (Lipinski definition) is 0. The summed E-state index contributed by atoms with van der Waals surface area (Å²) < 4.78 is 87.8. The Morgan fingerprint density at radius 3 is 1.96 bits per heavy atom. The minimum atomic E-state index is -4.83. The predicted molar refractivity (Wildman–Crippen MR) is 72.2 cm³/mol. The summed E-state index contributed by atoms with van der Waals surface area (Å²) in [7, 11) is 1.95. The Balaban J connectivity index is 3.57. The Morgan fingerprint density at radius 1 is 1.00 bits per heavy atom. The van der Waals surface area contributed by atoms with Crippen molar-refractivity contribution < 1.29 is 35.8 Å². The van der Waals surface area contributed by atoms with E-state index < -0.39 is 41.6 Å². The average Bonchev–Trinajstić information content (AvgIpc) is 2.48. The highest BCUT2D eigenvalue weighted by Gasteiger charge is 2.48. The van der Waals surface area contributed by atoms with Gasteiger partial charge in [-0.25, -0.2) is 0 Å². The largest absolute Gasteiger partial charge is 0.416 e. The number of nitriles is 1. The quantitative estimate of drug-likeness (QED) is 0.741. The maximum atomic E-state index is 13.2. The maximum absolute atomic E-state index is 13.2. The van der Waals surface area contributed by atoms with Crippen LogP contribution in [0.3, 0.4) is 0 Å². The third-order valence-corrected chi connectivity index (χ3v) is 3.58. The van der Waals surface area contributed by atoms with Crippen molar-refractivity contribution in [3.8, 4) is 6.07 Å². The van der Waals surface area contributed by atoms with Crippen LogP contribution in [-0.4, -0.2) is 32.6 Å². The minimum absolute atomic E-state index is 0.333. The van der Waals surface area contributed by atoms with Gasteiger partial charge < -0.3 is 9.47 Å². The first-order valence-corrected chi connectivity index (χ1v) is 6.70. The second-order valence-electron chi connectivity index (χ2n) is 5.12. The molecule has 1 rings (SSSR count). The lowest BCUT2D eigenvalue weighted by Gasteiger charge is -2.32. The first-order chi connectivity index (χ1) is 11.0. The zero-order valence-corrected chi connectivity index (χ0v) is 13.0. The molecule has 0 bridgehead atoms. The number of benzene rings is 1. The molecule has 3 nitrogen and oxygen atoms in total. The molecule has 0 aromatic heterocycles. The van der Waals surface area contributed by atoms with Crippen LogP contribution in [0.5, 0.6) is 0 Å². The van der Waals surface area contributed by atoms with Gasteiger partial charge in [0.2, 0.25) is 0 Å². The summed E-state index contributed by atoms with van der Waals surface area (Å²) >= 11 is 0. The predicted octanol–water partition coefficient (Wildman–Crippen LogP) is 4.27. The van der Waals surface area contributed by atoms with Gasteiger partial charge in [-0.1, -0.05) is 0 Å². The van der Waals surface area contributed by atoms with Crippen molar-refractivity contribution in [3.05, 3.63) is 34.9 Å². The third-order valence-electron chi connectivity index (χ3n) is 3.58. The molecule has 0 fully saturated rings. The van der Waals surface area contributed by atoms with Gasteiger partial charge in [-0.15, -0.1) is 0 Å². The highest BCUT2D eigenvalue weighted by atomic mass is 19.4. The number of halogens is 6. The molecule has 3 unspecified atom stereocenters. The molecule has 0 aliphatic carbocycles. The van der Waals surface area contributed by atoms with Crippen LogP contribution >= 0.6 is 0 Å².